The zero-order valence-corrected chi connectivity index (χ0v) is 13.0. The van der Waals surface area contributed by atoms with Crippen molar-refractivity contribution in [3.8, 4) is 0 Å². The van der Waals surface area contributed by atoms with E-state index in [9.17, 15) is 4.79 Å². The number of amides is 1. The monoisotopic (exact) mass is 285 g/mol. The van der Waals surface area contributed by atoms with Gasteiger partial charge in [-0.25, -0.2) is 0 Å². The van der Waals surface area contributed by atoms with Gasteiger partial charge >= 0.3 is 0 Å². The molecule has 112 valence electrons. The standard InChI is InChI=1S/C17H23N3O/c1-10-7-13-8-15(20-16(13)12(3)11(10)2)17(21)19-14-5-4-6-18-9-14/h7-8,14,18,20H,4-6,9H2,1-3H3,(H,19,21)/t14-/m1/s1. The summed E-state index contributed by atoms with van der Waals surface area (Å²) in [7, 11) is 0. The molecule has 1 atom stereocenters. The van der Waals surface area contributed by atoms with Crippen LogP contribution in [0.2, 0.25) is 0 Å². The molecule has 1 saturated heterocycles. The van der Waals surface area contributed by atoms with E-state index < -0.39 is 0 Å². The second-order valence-electron chi connectivity index (χ2n) is 6.11. The maximum atomic E-state index is 12.4. The number of benzene rings is 1. The molecule has 2 aromatic rings. The molecule has 1 aliphatic rings. The second-order valence-corrected chi connectivity index (χ2v) is 6.11. The van der Waals surface area contributed by atoms with Crippen LogP contribution in [0.4, 0.5) is 0 Å². The number of rotatable bonds is 2. The van der Waals surface area contributed by atoms with Crippen molar-refractivity contribution in [2.75, 3.05) is 13.1 Å². The number of aromatic nitrogens is 1. The average Bonchev–Trinajstić information content (AvgIpc) is 2.90. The van der Waals surface area contributed by atoms with Crippen LogP contribution in [0.3, 0.4) is 0 Å². The molecular weight excluding hydrogens is 262 g/mol. The first-order chi connectivity index (χ1) is 10.1. The Morgan fingerprint density at radius 2 is 2.05 bits per heavy atom. The van der Waals surface area contributed by atoms with Crippen LogP contribution in [0.5, 0.6) is 0 Å². The number of hydrogen-bond acceptors (Lipinski definition) is 2. The largest absolute Gasteiger partial charge is 0.350 e. The normalized spacial score (nSPS) is 18.9. The van der Waals surface area contributed by atoms with E-state index in [-0.39, 0.29) is 11.9 Å². The molecule has 2 heterocycles. The van der Waals surface area contributed by atoms with Gasteiger partial charge in [0, 0.05) is 23.5 Å². The highest BCUT2D eigenvalue weighted by Gasteiger charge is 2.18. The van der Waals surface area contributed by atoms with Crippen molar-refractivity contribution >= 4 is 16.8 Å². The summed E-state index contributed by atoms with van der Waals surface area (Å²) < 4.78 is 0. The van der Waals surface area contributed by atoms with Gasteiger partial charge in [0.1, 0.15) is 5.69 Å². The maximum absolute atomic E-state index is 12.4. The molecule has 0 radical (unpaired) electrons. The first-order valence-electron chi connectivity index (χ1n) is 7.67. The second kappa shape index (κ2) is 5.53. The van der Waals surface area contributed by atoms with Crippen molar-refractivity contribution in [1.29, 1.82) is 0 Å². The molecule has 3 rings (SSSR count). The Hall–Kier alpha value is -1.81. The lowest BCUT2D eigenvalue weighted by molar-refractivity contribution is 0.0926. The van der Waals surface area contributed by atoms with Gasteiger partial charge in [0.05, 0.1) is 0 Å². The molecule has 0 saturated carbocycles. The van der Waals surface area contributed by atoms with E-state index in [1.807, 2.05) is 6.07 Å². The van der Waals surface area contributed by atoms with E-state index in [0.717, 1.165) is 36.8 Å². The Morgan fingerprint density at radius 3 is 2.76 bits per heavy atom. The molecular formula is C17H23N3O. The van der Waals surface area contributed by atoms with Crippen LogP contribution in [0, 0.1) is 20.8 Å². The number of H-pyrrole nitrogens is 1. The minimum atomic E-state index is -0.00499. The third-order valence-electron chi connectivity index (χ3n) is 4.63. The summed E-state index contributed by atoms with van der Waals surface area (Å²) in [6.07, 6.45) is 2.17. The molecule has 21 heavy (non-hydrogen) atoms. The zero-order chi connectivity index (χ0) is 15.0. The number of carbonyl (C=O) groups is 1. The Labute approximate surface area is 125 Å². The molecule has 0 spiro atoms. The van der Waals surface area contributed by atoms with Crippen molar-refractivity contribution in [1.82, 2.24) is 15.6 Å². The first kappa shape index (κ1) is 14.1. The highest BCUT2D eigenvalue weighted by atomic mass is 16.1. The smallest absolute Gasteiger partial charge is 0.267 e. The van der Waals surface area contributed by atoms with Crippen LogP contribution in [0.1, 0.15) is 40.0 Å². The van der Waals surface area contributed by atoms with Crippen molar-refractivity contribution < 1.29 is 4.79 Å². The van der Waals surface area contributed by atoms with Crippen molar-refractivity contribution in [2.45, 2.75) is 39.7 Å². The lowest BCUT2D eigenvalue weighted by Crippen LogP contribution is -2.45. The molecule has 0 aliphatic carbocycles. The summed E-state index contributed by atoms with van der Waals surface area (Å²) in [5.41, 5.74) is 5.51. The highest BCUT2D eigenvalue weighted by molar-refractivity contribution is 5.99. The number of nitrogens with one attached hydrogen (secondary N) is 3. The Kier molecular flexibility index (Phi) is 3.72. The van der Waals surface area contributed by atoms with Gasteiger partial charge in [-0.2, -0.15) is 0 Å². The predicted octanol–water partition coefficient (Wildman–Crippen LogP) is 2.57. The van der Waals surface area contributed by atoms with E-state index in [2.05, 4.69) is 42.5 Å². The molecule has 1 aromatic carbocycles. The zero-order valence-electron chi connectivity index (χ0n) is 13.0. The first-order valence-corrected chi connectivity index (χ1v) is 7.67. The number of aryl methyl sites for hydroxylation is 2. The molecule has 4 heteroatoms. The fraction of sp³-hybridized carbons (Fsp3) is 0.471. The van der Waals surface area contributed by atoms with Gasteiger partial charge in [0.15, 0.2) is 0 Å². The Morgan fingerprint density at radius 1 is 1.24 bits per heavy atom. The summed E-state index contributed by atoms with van der Waals surface area (Å²) >= 11 is 0. The fourth-order valence-corrected chi connectivity index (χ4v) is 3.08. The van der Waals surface area contributed by atoms with Crippen LogP contribution in [0.25, 0.3) is 10.9 Å². The quantitative estimate of drug-likeness (QED) is 0.794. The molecule has 3 N–H and O–H groups in total. The van der Waals surface area contributed by atoms with Crippen LogP contribution in [0.15, 0.2) is 12.1 Å². The Balaban J connectivity index is 1.86. The number of aromatic amines is 1. The SMILES string of the molecule is Cc1cc2cc(C(=O)N[C@@H]3CCCNC3)[nH]c2c(C)c1C. The lowest BCUT2D eigenvalue weighted by Gasteiger charge is -2.23. The van der Waals surface area contributed by atoms with E-state index in [0.29, 0.717) is 5.69 Å². The topological polar surface area (TPSA) is 56.9 Å². The Bertz CT molecular complexity index is 681. The molecule has 1 aromatic heterocycles. The van der Waals surface area contributed by atoms with Crippen LogP contribution >= 0.6 is 0 Å². The molecule has 0 unspecified atom stereocenters. The van der Waals surface area contributed by atoms with Crippen LogP contribution in [-0.4, -0.2) is 30.0 Å². The van der Waals surface area contributed by atoms with Gasteiger partial charge in [-0.1, -0.05) is 0 Å². The molecule has 1 fully saturated rings. The maximum Gasteiger partial charge on any atom is 0.267 e. The average molecular weight is 285 g/mol. The molecule has 0 bridgehead atoms. The van der Waals surface area contributed by atoms with Crippen LogP contribution < -0.4 is 10.6 Å². The summed E-state index contributed by atoms with van der Waals surface area (Å²) in [4.78, 5) is 15.7. The molecule has 4 nitrogen and oxygen atoms in total. The van der Waals surface area contributed by atoms with E-state index in [4.69, 9.17) is 0 Å². The highest BCUT2D eigenvalue weighted by Crippen LogP contribution is 2.25. The number of hydrogen-bond donors (Lipinski definition) is 3. The summed E-state index contributed by atoms with van der Waals surface area (Å²) in [5, 5.41) is 7.54. The number of carbonyl (C=O) groups excluding carboxylic acids is 1. The van der Waals surface area contributed by atoms with Gasteiger partial charge in [-0.05, 0) is 69.0 Å². The lowest BCUT2D eigenvalue weighted by atomic mass is 10.0. The van der Waals surface area contributed by atoms with Crippen molar-refractivity contribution in [3.05, 3.63) is 34.5 Å². The summed E-state index contributed by atoms with van der Waals surface area (Å²) in [6.45, 7) is 8.26. The summed E-state index contributed by atoms with van der Waals surface area (Å²) in [5.74, 6) is -0.00499. The van der Waals surface area contributed by atoms with Gasteiger partial charge in [0.25, 0.3) is 5.91 Å². The molecule has 1 amide bonds. The van der Waals surface area contributed by atoms with Crippen molar-refractivity contribution in [2.24, 2.45) is 0 Å². The predicted molar refractivity (Wildman–Crippen MR) is 85.9 cm³/mol. The van der Waals surface area contributed by atoms with Gasteiger partial charge in [-0.3, -0.25) is 4.79 Å². The molecule has 1 aliphatic heterocycles. The van der Waals surface area contributed by atoms with E-state index >= 15 is 0 Å². The minimum absolute atomic E-state index is 0.00499. The van der Waals surface area contributed by atoms with Gasteiger partial charge in [0.2, 0.25) is 0 Å². The number of fused-ring (bicyclic) bond motifs is 1. The minimum Gasteiger partial charge on any atom is -0.350 e. The third-order valence-corrected chi connectivity index (χ3v) is 4.63. The number of piperidine rings is 1. The van der Waals surface area contributed by atoms with Gasteiger partial charge in [-0.15, -0.1) is 0 Å². The van der Waals surface area contributed by atoms with Crippen LogP contribution in [-0.2, 0) is 0 Å². The van der Waals surface area contributed by atoms with E-state index in [1.165, 1.54) is 16.7 Å². The fourth-order valence-electron chi connectivity index (χ4n) is 3.08. The van der Waals surface area contributed by atoms with Gasteiger partial charge < -0.3 is 15.6 Å². The summed E-state index contributed by atoms with van der Waals surface area (Å²) in [6, 6.07) is 4.34. The third kappa shape index (κ3) is 2.68. The van der Waals surface area contributed by atoms with E-state index in [1.54, 1.807) is 0 Å². The van der Waals surface area contributed by atoms with Crippen molar-refractivity contribution in [3.63, 3.8) is 0 Å².